The molecule has 0 spiro atoms. The van der Waals surface area contributed by atoms with Gasteiger partial charge in [-0.05, 0) is 17.9 Å². The zero-order valence-corrected chi connectivity index (χ0v) is 9.13. The van der Waals surface area contributed by atoms with Gasteiger partial charge >= 0.3 is 0 Å². The average molecular weight is 210 g/mol. The van der Waals surface area contributed by atoms with Gasteiger partial charge in [0.2, 0.25) is 0 Å². The number of anilines is 1. The van der Waals surface area contributed by atoms with Gasteiger partial charge in [0, 0.05) is 24.7 Å². The number of fused-ring (bicyclic) bond motifs is 1. The van der Waals surface area contributed by atoms with E-state index in [4.69, 9.17) is 0 Å². The summed E-state index contributed by atoms with van der Waals surface area (Å²) >= 11 is 0. The van der Waals surface area contributed by atoms with E-state index in [1.165, 1.54) is 10.8 Å². The Labute approximate surface area is 95.2 Å². The Balaban J connectivity index is 2.12. The van der Waals surface area contributed by atoms with E-state index in [0.29, 0.717) is 0 Å². The SMILES string of the molecule is C1=CCN(c2nccc3ccccc23)CC1. The maximum Gasteiger partial charge on any atom is 0.136 e. The van der Waals surface area contributed by atoms with Crippen LogP contribution in [0.3, 0.4) is 0 Å². The minimum atomic E-state index is 0.973. The van der Waals surface area contributed by atoms with Gasteiger partial charge in [0.1, 0.15) is 5.82 Å². The molecule has 2 aromatic rings. The number of nitrogens with zero attached hydrogens (tertiary/aromatic N) is 2. The minimum absolute atomic E-state index is 0.973. The van der Waals surface area contributed by atoms with Gasteiger partial charge in [-0.2, -0.15) is 0 Å². The fourth-order valence-corrected chi connectivity index (χ4v) is 2.19. The number of aromatic nitrogens is 1. The van der Waals surface area contributed by atoms with E-state index in [1.54, 1.807) is 0 Å². The highest BCUT2D eigenvalue weighted by Gasteiger charge is 2.11. The van der Waals surface area contributed by atoms with Crippen molar-refractivity contribution in [2.45, 2.75) is 6.42 Å². The maximum absolute atomic E-state index is 4.52. The highest BCUT2D eigenvalue weighted by atomic mass is 15.2. The first-order valence-electron chi connectivity index (χ1n) is 5.69. The minimum Gasteiger partial charge on any atom is -0.352 e. The van der Waals surface area contributed by atoms with E-state index in [-0.39, 0.29) is 0 Å². The fraction of sp³-hybridized carbons (Fsp3) is 0.214. The predicted octanol–water partition coefficient (Wildman–Crippen LogP) is 3.00. The third-order valence-corrected chi connectivity index (χ3v) is 3.01. The van der Waals surface area contributed by atoms with Gasteiger partial charge in [0.25, 0.3) is 0 Å². The van der Waals surface area contributed by atoms with Crippen molar-refractivity contribution in [2.75, 3.05) is 18.0 Å². The largest absolute Gasteiger partial charge is 0.352 e. The van der Waals surface area contributed by atoms with Crippen molar-refractivity contribution >= 4 is 16.6 Å². The highest BCUT2D eigenvalue weighted by molar-refractivity contribution is 5.92. The second-order valence-corrected chi connectivity index (χ2v) is 4.06. The van der Waals surface area contributed by atoms with Crippen LogP contribution in [-0.4, -0.2) is 18.1 Å². The summed E-state index contributed by atoms with van der Waals surface area (Å²) in [5.41, 5.74) is 0. The third-order valence-electron chi connectivity index (χ3n) is 3.01. The van der Waals surface area contributed by atoms with Gasteiger partial charge in [0.15, 0.2) is 0 Å². The van der Waals surface area contributed by atoms with Crippen molar-refractivity contribution in [3.63, 3.8) is 0 Å². The van der Waals surface area contributed by atoms with Crippen molar-refractivity contribution < 1.29 is 0 Å². The summed E-state index contributed by atoms with van der Waals surface area (Å²) in [5, 5.41) is 2.52. The molecule has 0 saturated heterocycles. The van der Waals surface area contributed by atoms with Crippen LogP contribution in [0.15, 0.2) is 48.7 Å². The Bertz CT molecular complexity index is 526. The first kappa shape index (κ1) is 9.40. The maximum atomic E-state index is 4.52. The van der Waals surface area contributed by atoms with Gasteiger partial charge in [-0.25, -0.2) is 4.98 Å². The van der Waals surface area contributed by atoms with E-state index in [0.717, 1.165) is 25.3 Å². The predicted molar refractivity (Wildman–Crippen MR) is 67.7 cm³/mol. The highest BCUT2D eigenvalue weighted by Crippen LogP contribution is 2.24. The average Bonchev–Trinajstić information content (AvgIpc) is 2.39. The summed E-state index contributed by atoms with van der Waals surface area (Å²) in [6, 6.07) is 10.5. The van der Waals surface area contributed by atoms with Crippen LogP contribution in [0.25, 0.3) is 10.8 Å². The lowest BCUT2D eigenvalue weighted by Crippen LogP contribution is -2.27. The van der Waals surface area contributed by atoms with Crippen LogP contribution in [0.1, 0.15) is 6.42 Å². The quantitative estimate of drug-likeness (QED) is 0.673. The van der Waals surface area contributed by atoms with Gasteiger partial charge in [0.05, 0.1) is 0 Å². The molecule has 2 heteroatoms. The molecule has 2 heterocycles. The molecule has 0 unspecified atom stereocenters. The second kappa shape index (κ2) is 3.97. The zero-order chi connectivity index (χ0) is 10.8. The molecule has 0 amide bonds. The first-order chi connectivity index (χ1) is 7.95. The molecule has 1 aliphatic heterocycles. The Kier molecular flexibility index (Phi) is 2.33. The number of pyridine rings is 1. The van der Waals surface area contributed by atoms with Crippen molar-refractivity contribution in [1.29, 1.82) is 0 Å². The van der Waals surface area contributed by atoms with Gasteiger partial charge in [-0.15, -0.1) is 0 Å². The molecule has 80 valence electrons. The summed E-state index contributed by atoms with van der Waals surface area (Å²) in [6.45, 7) is 2.04. The van der Waals surface area contributed by atoms with Gasteiger partial charge < -0.3 is 4.90 Å². The first-order valence-corrected chi connectivity index (χ1v) is 5.69. The van der Waals surface area contributed by atoms with Crippen molar-refractivity contribution in [3.05, 3.63) is 48.7 Å². The van der Waals surface area contributed by atoms with E-state index >= 15 is 0 Å². The summed E-state index contributed by atoms with van der Waals surface area (Å²) < 4.78 is 0. The Hall–Kier alpha value is -1.83. The number of hydrogen-bond acceptors (Lipinski definition) is 2. The van der Waals surface area contributed by atoms with Crippen molar-refractivity contribution in [3.8, 4) is 0 Å². The molecular formula is C14H14N2. The smallest absolute Gasteiger partial charge is 0.136 e. The lowest BCUT2D eigenvalue weighted by Gasteiger charge is -2.25. The topological polar surface area (TPSA) is 16.1 Å². The van der Waals surface area contributed by atoms with Crippen LogP contribution in [-0.2, 0) is 0 Å². The molecule has 0 aliphatic carbocycles. The summed E-state index contributed by atoms with van der Waals surface area (Å²) in [5.74, 6) is 1.11. The van der Waals surface area contributed by atoms with Crippen LogP contribution < -0.4 is 4.90 Å². The third kappa shape index (κ3) is 1.56. The molecule has 0 N–H and O–H groups in total. The molecule has 0 fully saturated rings. The molecule has 3 rings (SSSR count). The number of hydrogen-bond donors (Lipinski definition) is 0. The summed E-state index contributed by atoms with van der Waals surface area (Å²) in [7, 11) is 0. The second-order valence-electron chi connectivity index (χ2n) is 4.06. The van der Waals surface area contributed by atoms with Crippen LogP contribution in [0.4, 0.5) is 5.82 Å². The Morgan fingerprint density at radius 3 is 2.88 bits per heavy atom. The molecule has 2 nitrogen and oxygen atoms in total. The number of benzene rings is 1. The molecule has 16 heavy (non-hydrogen) atoms. The molecule has 0 radical (unpaired) electrons. The van der Waals surface area contributed by atoms with Crippen molar-refractivity contribution in [2.24, 2.45) is 0 Å². The molecule has 0 saturated carbocycles. The van der Waals surface area contributed by atoms with E-state index in [2.05, 4.69) is 52.4 Å². The van der Waals surface area contributed by atoms with E-state index in [9.17, 15) is 0 Å². The summed E-state index contributed by atoms with van der Waals surface area (Å²) in [6.07, 6.45) is 7.47. The van der Waals surface area contributed by atoms with Crippen molar-refractivity contribution in [1.82, 2.24) is 4.98 Å². The Morgan fingerprint density at radius 2 is 2.00 bits per heavy atom. The van der Waals surface area contributed by atoms with Crippen LogP contribution in [0.5, 0.6) is 0 Å². The molecular weight excluding hydrogens is 196 g/mol. The summed E-state index contributed by atoms with van der Waals surface area (Å²) in [4.78, 5) is 6.86. The van der Waals surface area contributed by atoms with Crippen LogP contribution in [0, 0.1) is 0 Å². The van der Waals surface area contributed by atoms with Gasteiger partial charge in [-0.3, -0.25) is 0 Å². The molecule has 1 aromatic carbocycles. The molecule has 1 aromatic heterocycles. The van der Waals surface area contributed by atoms with Crippen LogP contribution >= 0.6 is 0 Å². The van der Waals surface area contributed by atoms with E-state index in [1.807, 2.05) is 6.20 Å². The lowest BCUT2D eigenvalue weighted by atomic mass is 10.1. The normalized spacial score (nSPS) is 15.6. The van der Waals surface area contributed by atoms with E-state index < -0.39 is 0 Å². The molecule has 0 bridgehead atoms. The Morgan fingerprint density at radius 1 is 1.06 bits per heavy atom. The molecule has 0 atom stereocenters. The lowest BCUT2D eigenvalue weighted by molar-refractivity contribution is 0.810. The molecule has 1 aliphatic rings. The standard InChI is InChI=1S/C14H14N2/c1-4-10-16(11-5-1)14-13-7-3-2-6-12(13)8-9-15-14/h1-4,6-9H,5,10-11H2. The van der Waals surface area contributed by atoms with Crippen LogP contribution in [0.2, 0.25) is 0 Å². The zero-order valence-electron chi connectivity index (χ0n) is 9.13. The fourth-order valence-electron chi connectivity index (χ4n) is 2.19. The van der Waals surface area contributed by atoms with Gasteiger partial charge in [-0.1, -0.05) is 36.4 Å². The number of rotatable bonds is 1. The monoisotopic (exact) mass is 210 g/mol.